The first kappa shape index (κ1) is 39.1. The molecule has 0 aromatic rings. The van der Waals surface area contributed by atoms with Crippen LogP contribution in [0, 0.1) is 22.7 Å². The van der Waals surface area contributed by atoms with Crippen molar-refractivity contribution < 1.29 is 37.5 Å². The molecule has 4 rings (SSSR count). The Morgan fingerprint density at radius 1 is 0.959 bits per heavy atom. The number of carbonyl (C=O) groups is 5. The normalized spacial score (nSPS) is 25.7. The second kappa shape index (κ2) is 14.1. The number of hydrogen-bond donors (Lipinski definition) is 5. The third-order valence-electron chi connectivity index (χ3n) is 11.4. The van der Waals surface area contributed by atoms with E-state index in [1.165, 1.54) is 18.7 Å². The Hall–Kier alpha value is -2.74. The number of fused-ring (bicyclic) bond motifs is 1. The summed E-state index contributed by atoms with van der Waals surface area (Å²) in [4.78, 5) is 69.4. The summed E-state index contributed by atoms with van der Waals surface area (Å²) < 4.78 is 25.3. The number of Topliss-reactive ketones (excluding diaryl/α,β-unsaturated/α-hetero) is 1. The molecule has 49 heavy (non-hydrogen) atoms. The lowest BCUT2D eigenvalue weighted by Gasteiger charge is -2.41. The number of likely N-dealkylation sites (tertiary alicyclic amines) is 1. The summed E-state index contributed by atoms with van der Waals surface area (Å²) in [6.45, 7) is 14.1. The molecule has 5 N–H and O–H groups in total. The number of urea groups is 1. The van der Waals surface area contributed by atoms with Gasteiger partial charge in [-0.15, -0.1) is 0 Å². The lowest BCUT2D eigenvalue weighted by atomic mass is 9.83. The molecule has 1 aliphatic heterocycles. The number of hydrogen-bond acceptors (Lipinski definition) is 8. The minimum Gasteiger partial charge on any atom is -0.395 e. The Balaban J connectivity index is 1.54. The van der Waals surface area contributed by atoms with Gasteiger partial charge >= 0.3 is 6.03 Å². The van der Waals surface area contributed by atoms with Crippen LogP contribution in [0.5, 0.6) is 0 Å². The molecular weight excluding hydrogens is 650 g/mol. The maximum absolute atomic E-state index is 14.4. The lowest BCUT2D eigenvalue weighted by molar-refractivity contribution is -0.145. The van der Waals surface area contributed by atoms with Gasteiger partial charge in [-0.2, -0.15) is 0 Å². The molecule has 1 heterocycles. The predicted octanol–water partition coefficient (Wildman–Crippen LogP) is 2.20. The number of piperidine rings is 1. The number of aliphatic hydroxyl groups excluding tert-OH is 1. The van der Waals surface area contributed by atoms with Gasteiger partial charge in [0.1, 0.15) is 12.1 Å². The highest BCUT2D eigenvalue weighted by atomic mass is 32.2. The first-order chi connectivity index (χ1) is 22.6. The smallest absolute Gasteiger partial charge is 0.315 e. The van der Waals surface area contributed by atoms with Gasteiger partial charge in [0.05, 0.1) is 28.7 Å². The number of nitrogens with one attached hydrogen (secondary N) is 4. The van der Waals surface area contributed by atoms with Gasteiger partial charge in [-0.3, -0.25) is 19.2 Å². The molecule has 0 aromatic heterocycles. The maximum Gasteiger partial charge on any atom is 0.315 e. The molecule has 3 saturated carbocycles. The van der Waals surface area contributed by atoms with Crippen LogP contribution in [0.3, 0.4) is 0 Å². The molecule has 278 valence electrons. The van der Waals surface area contributed by atoms with E-state index < -0.39 is 79.8 Å². The molecule has 14 heteroatoms. The molecule has 5 amide bonds. The number of aliphatic hydroxyl groups is 1. The van der Waals surface area contributed by atoms with E-state index in [1.807, 2.05) is 41.5 Å². The molecular formula is C35H59N5O8S. The van der Waals surface area contributed by atoms with E-state index in [9.17, 15) is 37.5 Å². The van der Waals surface area contributed by atoms with Crippen molar-refractivity contribution in [2.45, 2.75) is 148 Å². The Kier molecular flexibility index (Phi) is 11.2. The standard InChI is InChI=1S/C35H59N5O8S/c1-9-13-23(26(42)29(44)36-21-14-15-21)37-28(43)25-24-22(34(24,7)8)18-40(25)30(45)27(32(2,3)4)38-31(46)39-35(16-11-10-12-17-35)20-49(47,48)33(5,6)19-41/h21-25,27,41H,9-20H2,1-8H3,(H,36,44)(H,37,43)(H2,38,39,46)/t22-,23-,24-,25-,27+/m0/s1. The van der Waals surface area contributed by atoms with Gasteiger partial charge in [-0.25, -0.2) is 13.2 Å². The van der Waals surface area contributed by atoms with Crippen molar-refractivity contribution in [1.29, 1.82) is 0 Å². The molecule has 0 spiro atoms. The number of carbonyl (C=O) groups excluding carboxylic acids is 5. The summed E-state index contributed by atoms with van der Waals surface area (Å²) in [5.41, 5.74) is -2.06. The van der Waals surface area contributed by atoms with E-state index in [1.54, 1.807) is 0 Å². The third-order valence-corrected chi connectivity index (χ3v) is 14.1. The van der Waals surface area contributed by atoms with Crippen molar-refractivity contribution in [1.82, 2.24) is 26.2 Å². The zero-order valence-corrected chi connectivity index (χ0v) is 31.4. The molecule has 0 unspecified atom stereocenters. The summed E-state index contributed by atoms with van der Waals surface area (Å²) >= 11 is 0. The molecule has 1 saturated heterocycles. The number of ketones is 1. The second-order valence-electron chi connectivity index (χ2n) is 17.3. The minimum absolute atomic E-state index is 0.00536. The van der Waals surface area contributed by atoms with Gasteiger partial charge in [0, 0.05) is 12.6 Å². The fourth-order valence-electron chi connectivity index (χ4n) is 7.68. The van der Waals surface area contributed by atoms with Crippen LogP contribution < -0.4 is 21.3 Å². The van der Waals surface area contributed by atoms with Gasteiger partial charge in [-0.05, 0) is 68.6 Å². The second-order valence-corrected chi connectivity index (χ2v) is 19.9. The van der Waals surface area contributed by atoms with E-state index in [0.717, 1.165) is 32.1 Å². The van der Waals surface area contributed by atoms with Crippen LogP contribution in [0.15, 0.2) is 0 Å². The Morgan fingerprint density at radius 2 is 1.57 bits per heavy atom. The highest BCUT2D eigenvalue weighted by Gasteiger charge is 2.70. The largest absolute Gasteiger partial charge is 0.395 e. The summed E-state index contributed by atoms with van der Waals surface area (Å²) in [6, 6.07) is -3.65. The van der Waals surface area contributed by atoms with Crippen molar-refractivity contribution in [2.24, 2.45) is 22.7 Å². The Bertz CT molecular complexity index is 1410. The zero-order chi connectivity index (χ0) is 36.7. The highest BCUT2D eigenvalue weighted by Crippen LogP contribution is 2.65. The van der Waals surface area contributed by atoms with Crippen LogP contribution in [0.4, 0.5) is 4.79 Å². The summed E-state index contributed by atoms with van der Waals surface area (Å²) in [5.74, 6) is -2.79. The van der Waals surface area contributed by atoms with E-state index in [2.05, 4.69) is 21.3 Å². The average Bonchev–Trinajstić information content (AvgIpc) is 3.85. The van der Waals surface area contributed by atoms with Crippen LogP contribution >= 0.6 is 0 Å². The first-order valence-corrected chi connectivity index (χ1v) is 19.6. The SMILES string of the molecule is CCC[C@H](NC(=O)[C@@H]1[C@@H]2[C@H](CN1C(=O)[C@@H](NC(=O)NC1(CS(=O)(=O)C(C)(C)CO)CCCCC1)C(C)(C)C)C2(C)C)C(=O)C(=O)NC1CC1. The molecule has 4 aliphatic rings. The van der Waals surface area contributed by atoms with Crippen molar-refractivity contribution in [2.75, 3.05) is 18.9 Å². The number of nitrogens with zero attached hydrogens (tertiary/aromatic N) is 1. The fourth-order valence-corrected chi connectivity index (χ4v) is 9.36. The Morgan fingerprint density at radius 3 is 2.10 bits per heavy atom. The average molecular weight is 710 g/mol. The minimum atomic E-state index is -3.82. The number of amides is 5. The van der Waals surface area contributed by atoms with Gasteiger partial charge < -0.3 is 31.3 Å². The number of rotatable bonds is 14. The van der Waals surface area contributed by atoms with Crippen LogP contribution in [0.1, 0.15) is 113 Å². The van der Waals surface area contributed by atoms with Crippen LogP contribution in [-0.4, -0.2) is 101 Å². The molecule has 3 aliphatic carbocycles. The van der Waals surface area contributed by atoms with E-state index in [0.29, 0.717) is 25.8 Å². The van der Waals surface area contributed by atoms with E-state index in [4.69, 9.17) is 0 Å². The van der Waals surface area contributed by atoms with E-state index in [-0.39, 0.29) is 35.5 Å². The monoisotopic (exact) mass is 709 g/mol. The molecule has 0 bridgehead atoms. The first-order valence-electron chi connectivity index (χ1n) is 18.0. The van der Waals surface area contributed by atoms with Crippen molar-refractivity contribution >= 4 is 39.4 Å². The summed E-state index contributed by atoms with van der Waals surface area (Å²) in [6.07, 6.45) is 5.73. The van der Waals surface area contributed by atoms with Gasteiger partial charge in [0.25, 0.3) is 5.91 Å². The molecule has 13 nitrogen and oxygen atoms in total. The van der Waals surface area contributed by atoms with Gasteiger partial charge in [0.2, 0.25) is 17.6 Å². The molecule has 5 atom stereocenters. The summed E-state index contributed by atoms with van der Waals surface area (Å²) in [5, 5.41) is 21.1. The number of sulfone groups is 1. The van der Waals surface area contributed by atoms with Gasteiger partial charge in [0.15, 0.2) is 9.84 Å². The fraction of sp³-hybridized carbons (Fsp3) is 0.857. The van der Waals surface area contributed by atoms with Crippen LogP contribution in [-0.2, 0) is 29.0 Å². The topological polar surface area (TPSA) is 191 Å². The van der Waals surface area contributed by atoms with E-state index >= 15 is 0 Å². The molecule has 4 fully saturated rings. The molecule has 0 aromatic carbocycles. The zero-order valence-electron chi connectivity index (χ0n) is 30.6. The quantitative estimate of drug-likeness (QED) is 0.170. The predicted molar refractivity (Wildman–Crippen MR) is 185 cm³/mol. The van der Waals surface area contributed by atoms with Crippen LogP contribution in [0.25, 0.3) is 0 Å². The van der Waals surface area contributed by atoms with Crippen LogP contribution in [0.2, 0.25) is 0 Å². The van der Waals surface area contributed by atoms with Crippen molar-refractivity contribution in [3.05, 3.63) is 0 Å². The maximum atomic E-state index is 14.4. The third kappa shape index (κ3) is 8.43. The van der Waals surface area contributed by atoms with Crippen molar-refractivity contribution in [3.8, 4) is 0 Å². The lowest BCUT2D eigenvalue weighted by Crippen LogP contribution is -2.64. The van der Waals surface area contributed by atoms with Crippen molar-refractivity contribution in [3.63, 3.8) is 0 Å². The Labute approximate surface area is 291 Å². The summed E-state index contributed by atoms with van der Waals surface area (Å²) in [7, 11) is -3.82. The van der Waals surface area contributed by atoms with Gasteiger partial charge in [-0.1, -0.05) is 67.2 Å². The molecule has 0 radical (unpaired) electrons. The highest BCUT2D eigenvalue weighted by molar-refractivity contribution is 7.92.